The van der Waals surface area contributed by atoms with E-state index in [-0.39, 0.29) is 5.69 Å². The highest BCUT2D eigenvalue weighted by Gasteiger charge is 2.17. The topological polar surface area (TPSA) is 68.1 Å². The summed E-state index contributed by atoms with van der Waals surface area (Å²) in [6.45, 7) is 0.464. The zero-order valence-corrected chi connectivity index (χ0v) is 12.2. The maximum absolute atomic E-state index is 11.2. The van der Waals surface area contributed by atoms with Gasteiger partial charge in [-0.15, -0.1) is 0 Å². The number of nitrogens with zero attached hydrogens (tertiary/aromatic N) is 2. The summed E-state index contributed by atoms with van der Waals surface area (Å²) in [7, 11) is 0. The minimum Gasteiger partial charge on any atom is -0.375 e. The standard InChI is InChI=1S/C16H12ClN3O2/c17-12-7-5-11(6-8-12)9-19-16-13-3-1-2-4-14(13)18-10-15(16)20(21)22/h1-8,10H,9H2,(H,18,19). The number of rotatable bonds is 4. The second kappa shape index (κ2) is 5.99. The molecular weight excluding hydrogens is 302 g/mol. The van der Waals surface area contributed by atoms with Crippen LogP contribution in [0.2, 0.25) is 5.02 Å². The molecule has 1 heterocycles. The van der Waals surface area contributed by atoms with E-state index in [0.29, 0.717) is 22.8 Å². The fourth-order valence-corrected chi connectivity index (χ4v) is 2.37. The molecular formula is C16H12ClN3O2. The maximum Gasteiger partial charge on any atom is 0.311 e. The van der Waals surface area contributed by atoms with Gasteiger partial charge >= 0.3 is 5.69 Å². The van der Waals surface area contributed by atoms with Crippen molar-refractivity contribution in [2.24, 2.45) is 0 Å². The molecule has 0 aliphatic heterocycles. The van der Waals surface area contributed by atoms with Gasteiger partial charge in [-0.25, -0.2) is 4.98 Å². The number of nitro groups is 1. The highest BCUT2D eigenvalue weighted by atomic mass is 35.5. The van der Waals surface area contributed by atoms with E-state index in [1.165, 1.54) is 6.20 Å². The number of anilines is 1. The van der Waals surface area contributed by atoms with E-state index in [0.717, 1.165) is 10.9 Å². The predicted molar refractivity (Wildman–Crippen MR) is 87.2 cm³/mol. The summed E-state index contributed by atoms with van der Waals surface area (Å²) >= 11 is 5.86. The van der Waals surface area contributed by atoms with Gasteiger partial charge in [-0.3, -0.25) is 10.1 Å². The van der Waals surface area contributed by atoms with Crippen LogP contribution in [0, 0.1) is 10.1 Å². The molecule has 0 saturated heterocycles. The molecule has 0 atom stereocenters. The molecule has 0 aliphatic carbocycles. The lowest BCUT2D eigenvalue weighted by molar-refractivity contribution is -0.384. The highest BCUT2D eigenvalue weighted by molar-refractivity contribution is 6.30. The van der Waals surface area contributed by atoms with E-state index >= 15 is 0 Å². The van der Waals surface area contributed by atoms with E-state index in [9.17, 15) is 10.1 Å². The van der Waals surface area contributed by atoms with Gasteiger partial charge < -0.3 is 5.32 Å². The smallest absolute Gasteiger partial charge is 0.311 e. The predicted octanol–water partition coefficient (Wildman–Crippen LogP) is 4.41. The van der Waals surface area contributed by atoms with E-state index in [1.807, 2.05) is 36.4 Å². The fraction of sp³-hybridized carbons (Fsp3) is 0.0625. The third-order valence-corrected chi connectivity index (χ3v) is 3.59. The minimum atomic E-state index is -0.427. The van der Waals surface area contributed by atoms with Gasteiger partial charge in [-0.2, -0.15) is 0 Å². The van der Waals surface area contributed by atoms with Crippen molar-refractivity contribution in [2.75, 3.05) is 5.32 Å². The first-order valence-corrected chi connectivity index (χ1v) is 7.03. The van der Waals surface area contributed by atoms with Gasteiger partial charge in [0.05, 0.1) is 10.4 Å². The SMILES string of the molecule is O=[N+]([O-])c1cnc2ccccc2c1NCc1ccc(Cl)cc1. The molecule has 0 aliphatic rings. The Morgan fingerprint density at radius 1 is 1.14 bits per heavy atom. The minimum absolute atomic E-state index is 0.0346. The zero-order chi connectivity index (χ0) is 15.5. The number of hydrogen-bond donors (Lipinski definition) is 1. The fourth-order valence-electron chi connectivity index (χ4n) is 2.25. The van der Waals surface area contributed by atoms with Gasteiger partial charge in [0, 0.05) is 17.0 Å². The average molecular weight is 314 g/mol. The quantitative estimate of drug-likeness (QED) is 0.572. The van der Waals surface area contributed by atoms with Crippen LogP contribution in [0.5, 0.6) is 0 Å². The Morgan fingerprint density at radius 2 is 1.86 bits per heavy atom. The number of hydrogen-bond acceptors (Lipinski definition) is 4. The number of aromatic nitrogens is 1. The van der Waals surface area contributed by atoms with Crippen molar-refractivity contribution in [3.8, 4) is 0 Å². The molecule has 1 N–H and O–H groups in total. The van der Waals surface area contributed by atoms with Crippen molar-refractivity contribution >= 4 is 33.9 Å². The van der Waals surface area contributed by atoms with Gasteiger partial charge in [0.25, 0.3) is 0 Å². The third-order valence-electron chi connectivity index (χ3n) is 3.33. The first-order valence-electron chi connectivity index (χ1n) is 6.65. The molecule has 0 saturated carbocycles. The van der Waals surface area contributed by atoms with Crippen molar-refractivity contribution in [3.63, 3.8) is 0 Å². The molecule has 6 heteroatoms. The Kier molecular flexibility index (Phi) is 3.89. The zero-order valence-electron chi connectivity index (χ0n) is 11.5. The van der Waals surface area contributed by atoms with Crippen LogP contribution >= 0.6 is 11.6 Å². The Labute approximate surface area is 131 Å². The van der Waals surface area contributed by atoms with Crippen molar-refractivity contribution in [2.45, 2.75) is 6.54 Å². The van der Waals surface area contributed by atoms with Crippen molar-refractivity contribution in [1.82, 2.24) is 4.98 Å². The van der Waals surface area contributed by atoms with Gasteiger partial charge in [-0.05, 0) is 23.8 Å². The van der Waals surface area contributed by atoms with Gasteiger partial charge in [0.2, 0.25) is 0 Å². The maximum atomic E-state index is 11.2. The lowest BCUT2D eigenvalue weighted by Gasteiger charge is -2.10. The summed E-state index contributed by atoms with van der Waals surface area (Å²) in [5.41, 5.74) is 2.14. The second-order valence-electron chi connectivity index (χ2n) is 4.77. The molecule has 5 nitrogen and oxygen atoms in total. The molecule has 3 rings (SSSR count). The monoisotopic (exact) mass is 313 g/mol. The van der Waals surface area contributed by atoms with E-state index in [4.69, 9.17) is 11.6 Å². The van der Waals surface area contributed by atoms with Gasteiger partial charge in [0.1, 0.15) is 11.9 Å². The first kappa shape index (κ1) is 14.3. The van der Waals surface area contributed by atoms with Gasteiger partial charge in [0.15, 0.2) is 0 Å². The van der Waals surface area contributed by atoms with Crippen molar-refractivity contribution < 1.29 is 4.92 Å². The molecule has 22 heavy (non-hydrogen) atoms. The van der Waals surface area contributed by atoms with Crippen molar-refractivity contribution in [1.29, 1.82) is 0 Å². The number of fused-ring (bicyclic) bond motifs is 1. The molecule has 0 fully saturated rings. The van der Waals surface area contributed by atoms with Crippen LogP contribution in [-0.4, -0.2) is 9.91 Å². The van der Waals surface area contributed by atoms with Crippen LogP contribution < -0.4 is 5.32 Å². The van der Waals surface area contributed by atoms with Crippen molar-refractivity contribution in [3.05, 3.63) is 75.4 Å². The average Bonchev–Trinajstić information content (AvgIpc) is 2.53. The first-order chi connectivity index (χ1) is 10.6. The number of nitrogens with one attached hydrogen (secondary N) is 1. The number of pyridine rings is 1. The molecule has 0 bridgehead atoms. The number of para-hydroxylation sites is 1. The summed E-state index contributed by atoms with van der Waals surface area (Å²) < 4.78 is 0. The lowest BCUT2D eigenvalue weighted by atomic mass is 10.1. The summed E-state index contributed by atoms with van der Waals surface area (Å²) in [6, 6.07) is 14.7. The molecule has 1 aromatic heterocycles. The Hall–Kier alpha value is -2.66. The molecule has 0 spiro atoms. The molecule has 110 valence electrons. The summed E-state index contributed by atoms with van der Waals surface area (Å²) in [6.07, 6.45) is 1.28. The molecule has 0 amide bonds. The van der Waals surface area contributed by atoms with E-state index in [1.54, 1.807) is 12.1 Å². The van der Waals surface area contributed by atoms with Crippen LogP contribution in [0.25, 0.3) is 10.9 Å². The highest BCUT2D eigenvalue weighted by Crippen LogP contribution is 2.31. The van der Waals surface area contributed by atoms with Crippen LogP contribution in [-0.2, 0) is 6.54 Å². The molecule has 0 radical (unpaired) electrons. The molecule has 2 aromatic carbocycles. The summed E-state index contributed by atoms with van der Waals surface area (Å²) in [5, 5.41) is 15.8. The molecule has 3 aromatic rings. The van der Waals surface area contributed by atoms with E-state index < -0.39 is 4.92 Å². The Bertz CT molecular complexity index is 834. The van der Waals surface area contributed by atoms with Crippen LogP contribution in [0.15, 0.2) is 54.7 Å². The number of benzene rings is 2. The molecule has 0 unspecified atom stereocenters. The van der Waals surface area contributed by atoms with Crippen LogP contribution in [0.3, 0.4) is 0 Å². The Morgan fingerprint density at radius 3 is 2.59 bits per heavy atom. The Balaban J connectivity index is 1.98. The normalized spacial score (nSPS) is 10.6. The van der Waals surface area contributed by atoms with Crippen LogP contribution in [0.4, 0.5) is 11.4 Å². The summed E-state index contributed by atoms with van der Waals surface area (Å²) in [5.74, 6) is 0. The van der Waals surface area contributed by atoms with Gasteiger partial charge in [-0.1, -0.05) is 41.9 Å². The summed E-state index contributed by atoms with van der Waals surface area (Å²) in [4.78, 5) is 14.9. The second-order valence-corrected chi connectivity index (χ2v) is 5.21. The number of halogens is 1. The third kappa shape index (κ3) is 2.84. The lowest BCUT2D eigenvalue weighted by Crippen LogP contribution is -2.04. The van der Waals surface area contributed by atoms with Crippen LogP contribution in [0.1, 0.15) is 5.56 Å². The largest absolute Gasteiger partial charge is 0.375 e. The van der Waals surface area contributed by atoms with E-state index in [2.05, 4.69) is 10.3 Å².